The van der Waals surface area contributed by atoms with E-state index in [-0.39, 0.29) is 5.56 Å². The highest BCUT2D eigenvalue weighted by molar-refractivity contribution is 6.14. The molecule has 32 heavy (non-hydrogen) atoms. The standard InChI is InChI=1S/C26H23F2NO3/c1-16(2)24(30)23(26(32)29-21-6-4-3-5-7-21)22(17-8-12-19(27)13-9-17)25(31)18-10-14-20(28)15-11-18/h3-16,22-23H,1-2H3,(H,29,32)/i22+2. The maximum atomic E-state index is 13.6. The Kier molecular flexibility index (Phi) is 7.25. The van der Waals surface area contributed by atoms with Crippen LogP contribution in [0, 0.1) is 23.5 Å². The number of benzene rings is 3. The average Bonchev–Trinajstić information content (AvgIpc) is 2.78. The molecule has 0 saturated heterocycles. The van der Waals surface area contributed by atoms with E-state index in [1.165, 1.54) is 36.4 Å². The quantitative estimate of drug-likeness (QED) is 0.379. The number of hydrogen-bond acceptors (Lipinski definition) is 3. The molecule has 0 aromatic heterocycles. The summed E-state index contributed by atoms with van der Waals surface area (Å²) in [6.07, 6.45) is 0. The smallest absolute Gasteiger partial charge is 0.236 e. The molecule has 0 aliphatic carbocycles. The molecule has 3 aromatic carbocycles. The van der Waals surface area contributed by atoms with Gasteiger partial charge in [-0.1, -0.05) is 44.2 Å². The predicted molar refractivity (Wildman–Crippen MR) is 118 cm³/mol. The zero-order valence-electron chi connectivity index (χ0n) is 17.7. The third-order valence-corrected chi connectivity index (χ3v) is 5.17. The van der Waals surface area contributed by atoms with Gasteiger partial charge < -0.3 is 5.32 Å². The van der Waals surface area contributed by atoms with Crippen molar-refractivity contribution in [2.75, 3.05) is 5.32 Å². The van der Waals surface area contributed by atoms with Gasteiger partial charge in [0.2, 0.25) is 5.91 Å². The molecular weight excluding hydrogens is 414 g/mol. The monoisotopic (exact) mass is 437 g/mol. The van der Waals surface area contributed by atoms with Gasteiger partial charge in [0, 0.05) is 17.2 Å². The highest BCUT2D eigenvalue weighted by Crippen LogP contribution is 2.33. The lowest BCUT2D eigenvalue weighted by Crippen LogP contribution is -2.40. The zero-order chi connectivity index (χ0) is 23.3. The largest absolute Gasteiger partial charge is 0.325 e. The van der Waals surface area contributed by atoms with Crippen molar-refractivity contribution in [3.05, 3.63) is 102 Å². The first-order valence-corrected chi connectivity index (χ1v) is 10.2. The van der Waals surface area contributed by atoms with Crippen LogP contribution in [0.5, 0.6) is 0 Å². The van der Waals surface area contributed by atoms with E-state index in [2.05, 4.69) is 5.32 Å². The first kappa shape index (κ1) is 23.0. The van der Waals surface area contributed by atoms with Crippen LogP contribution in [0.25, 0.3) is 0 Å². The summed E-state index contributed by atoms with van der Waals surface area (Å²) in [5.74, 6) is -5.73. The molecular formula is C26H23F2NO3. The molecule has 3 aromatic rings. The summed E-state index contributed by atoms with van der Waals surface area (Å²) < 4.78 is 27.0. The molecule has 2 unspecified atom stereocenters. The number of carbonyl (C=O) groups excluding carboxylic acids is 3. The van der Waals surface area contributed by atoms with Crippen LogP contribution in [0.2, 0.25) is 0 Å². The summed E-state index contributed by atoms with van der Waals surface area (Å²) in [6, 6.07) is 18.6. The molecule has 0 fully saturated rings. The van der Waals surface area contributed by atoms with Gasteiger partial charge >= 0.3 is 0 Å². The lowest BCUT2D eigenvalue weighted by Gasteiger charge is -2.26. The van der Waals surface area contributed by atoms with Crippen molar-refractivity contribution in [2.45, 2.75) is 19.8 Å². The molecule has 4 nitrogen and oxygen atoms in total. The SMILES string of the molecule is CC(C)C(=O)C(C(=O)Nc1ccccc1)[14CH](C(=O)c1ccc(F)cc1)c1ccc(F)cc1. The van der Waals surface area contributed by atoms with Gasteiger partial charge in [-0.05, 0) is 54.1 Å². The van der Waals surface area contributed by atoms with Crippen molar-refractivity contribution >= 4 is 23.2 Å². The number of nitrogens with one attached hydrogen (secondary N) is 1. The minimum absolute atomic E-state index is 0.148. The average molecular weight is 437 g/mol. The van der Waals surface area contributed by atoms with Crippen molar-refractivity contribution in [2.24, 2.45) is 11.8 Å². The summed E-state index contributed by atoms with van der Waals surface area (Å²) in [5, 5.41) is 2.71. The van der Waals surface area contributed by atoms with E-state index in [9.17, 15) is 23.2 Å². The molecule has 0 spiro atoms. The van der Waals surface area contributed by atoms with Gasteiger partial charge in [-0.15, -0.1) is 0 Å². The Morgan fingerprint density at radius 3 is 1.84 bits per heavy atom. The fraction of sp³-hybridized carbons (Fsp3) is 0.192. The highest BCUT2D eigenvalue weighted by atomic mass is 19.1. The van der Waals surface area contributed by atoms with Crippen LogP contribution >= 0.6 is 0 Å². The van der Waals surface area contributed by atoms with Crippen molar-refractivity contribution < 1.29 is 23.2 Å². The van der Waals surface area contributed by atoms with E-state index in [4.69, 9.17) is 0 Å². The second-order valence-corrected chi connectivity index (χ2v) is 7.79. The molecule has 0 aliphatic rings. The van der Waals surface area contributed by atoms with E-state index < -0.39 is 46.9 Å². The van der Waals surface area contributed by atoms with Crippen LogP contribution in [0.15, 0.2) is 78.9 Å². The molecule has 0 aliphatic heterocycles. The summed E-state index contributed by atoms with van der Waals surface area (Å²) in [6.45, 7) is 3.30. The Hall–Kier alpha value is -3.67. The normalized spacial score (nSPS) is 12.8. The third-order valence-electron chi connectivity index (χ3n) is 5.17. The molecule has 0 bridgehead atoms. The summed E-state index contributed by atoms with van der Waals surface area (Å²) in [7, 11) is 0. The van der Waals surface area contributed by atoms with E-state index in [0.717, 1.165) is 12.1 Å². The maximum absolute atomic E-state index is 13.6. The number of amides is 1. The van der Waals surface area contributed by atoms with Crippen LogP contribution in [0.3, 0.4) is 0 Å². The van der Waals surface area contributed by atoms with Gasteiger partial charge in [-0.25, -0.2) is 8.78 Å². The van der Waals surface area contributed by atoms with Crippen molar-refractivity contribution in [3.63, 3.8) is 0 Å². The second-order valence-electron chi connectivity index (χ2n) is 7.79. The number of halogens is 2. The van der Waals surface area contributed by atoms with Gasteiger partial charge in [-0.2, -0.15) is 0 Å². The number of anilines is 1. The molecule has 6 heteroatoms. The molecule has 164 valence electrons. The Labute approximate surface area is 185 Å². The maximum Gasteiger partial charge on any atom is 0.236 e. The molecule has 1 amide bonds. The third kappa shape index (κ3) is 5.32. The molecule has 0 heterocycles. The van der Waals surface area contributed by atoms with E-state index in [1.54, 1.807) is 44.2 Å². The first-order chi connectivity index (χ1) is 15.3. The van der Waals surface area contributed by atoms with Crippen molar-refractivity contribution in [1.29, 1.82) is 0 Å². The number of hydrogen-bond donors (Lipinski definition) is 1. The molecule has 0 saturated carbocycles. The number of rotatable bonds is 8. The van der Waals surface area contributed by atoms with Gasteiger partial charge in [0.1, 0.15) is 23.3 Å². The van der Waals surface area contributed by atoms with E-state index in [1.807, 2.05) is 0 Å². The van der Waals surface area contributed by atoms with Crippen LogP contribution in [0.4, 0.5) is 14.5 Å². The summed E-state index contributed by atoms with van der Waals surface area (Å²) >= 11 is 0. The minimum atomic E-state index is -1.36. The lowest BCUT2D eigenvalue weighted by molar-refractivity contribution is -0.133. The first-order valence-electron chi connectivity index (χ1n) is 10.2. The molecule has 3 rings (SSSR count). The van der Waals surface area contributed by atoms with Gasteiger partial charge in [0.05, 0.1) is 5.92 Å². The van der Waals surface area contributed by atoms with E-state index >= 15 is 0 Å². The molecule has 1 N–H and O–H groups in total. The zero-order valence-corrected chi connectivity index (χ0v) is 17.7. The number of Topliss-reactive ketones (excluding diaryl/α,β-unsaturated/α-hetero) is 2. The highest BCUT2D eigenvalue weighted by Gasteiger charge is 2.41. The van der Waals surface area contributed by atoms with Gasteiger partial charge in [-0.3, -0.25) is 14.4 Å². The van der Waals surface area contributed by atoms with E-state index in [0.29, 0.717) is 11.3 Å². The molecule has 2 atom stereocenters. The number of para-hydroxylation sites is 1. The number of carbonyl (C=O) groups is 3. The Bertz CT molecular complexity index is 1090. The summed E-state index contributed by atoms with van der Waals surface area (Å²) in [5.41, 5.74) is 0.948. The Morgan fingerprint density at radius 2 is 1.31 bits per heavy atom. The number of ketones is 2. The fourth-order valence-electron chi connectivity index (χ4n) is 3.50. The lowest BCUT2D eigenvalue weighted by atomic mass is 9.97. The van der Waals surface area contributed by atoms with Crippen LogP contribution in [-0.4, -0.2) is 17.5 Å². The van der Waals surface area contributed by atoms with Crippen molar-refractivity contribution in [3.8, 4) is 0 Å². The van der Waals surface area contributed by atoms with Crippen molar-refractivity contribution in [1.82, 2.24) is 0 Å². The topological polar surface area (TPSA) is 63.2 Å². The Morgan fingerprint density at radius 1 is 0.781 bits per heavy atom. The van der Waals surface area contributed by atoms with Crippen LogP contribution in [0.1, 0.15) is 35.7 Å². The minimum Gasteiger partial charge on any atom is -0.325 e. The predicted octanol–water partition coefficient (Wildman–Crippen LogP) is 5.41. The summed E-state index contributed by atoms with van der Waals surface area (Å²) in [4.78, 5) is 40.0. The fourth-order valence-corrected chi connectivity index (χ4v) is 3.50. The van der Waals surface area contributed by atoms with Crippen LogP contribution < -0.4 is 5.32 Å². The Balaban J connectivity index is 2.10. The molecule has 0 radical (unpaired) electrons. The van der Waals surface area contributed by atoms with Crippen LogP contribution in [-0.2, 0) is 9.59 Å². The van der Waals surface area contributed by atoms with Gasteiger partial charge in [0.25, 0.3) is 0 Å². The van der Waals surface area contributed by atoms with Gasteiger partial charge in [0.15, 0.2) is 5.78 Å². The second kappa shape index (κ2) is 10.1.